The van der Waals surface area contributed by atoms with Gasteiger partial charge in [0.05, 0.1) is 28.4 Å². The van der Waals surface area contributed by atoms with Crippen molar-refractivity contribution in [3.63, 3.8) is 0 Å². The fourth-order valence-corrected chi connectivity index (χ4v) is 3.88. The molecule has 4 rings (SSSR count). The molecule has 1 unspecified atom stereocenters. The Balaban J connectivity index is 2.08. The Morgan fingerprint density at radius 3 is 2.19 bits per heavy atom. The number of hydrogen-bond donors (Lipinski definition) is 2. The monoisotopic (exact) mass is 424 g/mol. The minimum Gasteiger partial charge on any atom is -0.366 e. The van der Waals surface area contributed by atoms with Gasteiger partial charge in [0.2, 0.25) is 11.7 Å². The molecule has 0 fully saturated rings. The number of nitrogens with two attached hydrogens (primary N) is 2. The van der Waals surface area contributed by atoms with Crippen LogP contribution in [0.4, 0.5) is 0 Å². The summed E-state index contributed by atoms with van der Waals surface area (Å²) in [5, 5.41) is 0.491. The molecule has 0 radical (unpaired) electrons. The van der Waals surface area contributed by atoms with Gasteiger partial charge >= 0.3 is 0 Å². The number of hydrogen-bond acceptors (Lipinski definition) is 5. The second-order valence-electron chi connectivity index (χ2n) is 7.32. The first kappa shape index (κ1) is 20.9. The van der Waals surface area contributed by atoms with Gasteiger partial charge < -0.3 is 11.5 Å². The number of aromatic nitrogens is 2. The lowest BCUT2D eigenvalue weighted by Crippen LogP contribution is -2.32. The Hall–Kier alpha value is -4.39. The van der Waals surface area contributed by atoms with Crippen LogP contribution >= 0.6 is 0 Å². The molecule has 158 valence electrons. The van der Waals surface area contributed by atoms with Gasteiger partial charge in [-0.05, 0) is 30.2 Å². The molecule has 7 heteroatoms. The SMILES string of the molecule is NC(=O)C(=O)C(Cc1ccccc1)c1c(-c2ccccn2)nc2ccccc2c1C(N)=O. The van der Waals surface area contributed by atoms with Crippen molar-refractivity contribution in [3.8, 4) is 11.4 Å². The number of ketones is 1. The van der Waals surface area contributed by atoms with Gasteiger partial charge in [0.1, 0.15) is 0 Å². The number of benzene rings is 2. The highest BCUT2D eigenvalue weighted by Crippen LogP contribution is 2.36. The van der Waals surface area contributed by atoms with E-state index < -0.39 is 23.5 Å². The van der Waals surface area contributed by atoms with Gasteiger partial charge in [0.25, 0.3) is 5.91 Å². The van der Waals surface area contributed by atoms with Crippen LogP contribution in [-0.4, -0.2) is 27.6 Å². The van der Waals surface area contributed by atoms with Crippen LogP contribution in [0.25, 0.3) is 22.3 Å². The summed E-state index contributed by atoms with van der Waals surface area (Å²) < 4.78 is 0. The normalized spacial score (nSPS) is 11.8. The number of pyridine rings is 2. The minimum atomic E-state index is -1.10. The van der Waals surface area contributed by atoms with Gasteiger partial charge in [-0.25, -0.2) is 4.98 Å². The topological polar surface area (TPSA) is 129 Å². The van der Waals surface area contributed by atoms with Crippen molar-refractivity contribution < 1.29 is 14.4 Å². The predicted molar refractivity (Wildman–Crippen MR) is 121 cm³/mol. The third-order valence-electron chi connectivity index (χ3n) is 5.27. The first-order valence-electron chi connectivity index (χ1n) is 9.98. The molecular formula is C25H20N4O3. The van der Waals surface area contributed by atoms with E-state index in [2.05, 4.69) is 4.98 Å². The molecule has 7 nitrogen and oxygen atoms in total. The molecule has 1 atom stereocenters. The summed E-state index contributed by atoms with van der Waals surface area (Å²) in [6, 6.07) is 21.4. The zero-order valence-corrected chi connectivity index (χ0v) is 17.1. The van der Waals surface area contributed by atoms with E-state index >= 15 is 0 Å². The van der Waals surface area contributed by atoms with E-state index in [4.69, 9.17) is 16.5 Å². The maximum atomic E-state index is 13.1. The smallest absolute Gasteiger partial charge is 0.285 e. The van der Waals surface area contributed by atoms with E-state index in [-0.39, 0.29) is 17.5 Å². The van der Waals surface area contributed by atoms with Crippen LogP contribution in [0, 0.1) is 0 Å². The van der Waals surface area contributed by atoms with Gasteiger partial charge in [0.15, 0.2) is 0 Å². The van der Waals surface area contributed by atoms with Gasteiger partial charge in [-0.2, -0.15) is 0 Å². The molecule has 0 aliphatic rings. The summed E-state index contributed by atoms with van der Waals surface area (Å²) in [7, 11) is 0. The van der Waals surface area contributed by atoms with Crippen molar-refractivity contribution in [2.75, 3.05) is 0 Å². The van der Waals surface area contributed by atoms with E-state index in [1.807, 2.05) is 30.3 Å². The number of nitrogens with zero attached hydrogens (tertiary/aromatic N) is 2. The van der Waals surface area contributed by atoms with E-state index in [1.165, 1.54) is 0 Å². The average Bonchev–Trinajstić information content (AvgIpc) is 2.82. The van der Waals surface area contributed by atoms with Crippen LogP contribution < -0.4 is 11.5 Å². The van der Waals surface area contributed by atoms with Gasteiger partial charge in [-0.15, -0.1) is 0 Å². The summed E-state index contributed by atoms with van der Waals surface area (Å²) in [5.41, 5.74) is 13.7. The molecule has 2 heterocycles. The second-order valence-corrected chi connectivity index (χ2v) is 7.32. The fourth-order valence-electron chi connectivity index (χ4n) is 3.88. The average molecular weight is 424 g/mol. The number of para-hydroxylation sites is 1. The maximum absolute atomic E-state index is 13.1. The summed E-state index contributed by atoms with van der Waals surface area (Å²) in [6.07, 6.45) is 1.73. The molecule has 0 saturated heterocycles. The van der Waals surface area contributed by atoms with Gasteiger partial charge in [-0.3, -0.25) is 19.4 Å². The Bertz CT molecular complexity index is 1320. The molecule has 0 saturated carbocycles. The number of fused-ring (bicyclic) bond motifs is 1. The molecule has 32 heavy (non-hydrogen) atoms. The van der Waals surface area contributed by atoms with Crippen molar-refractivity contribution in [1.82, 2.24) is 9.97 Å². The van der Waals surface area contributed by atoms with Crippen molar-refractivity contribution in [2.45, 2.75) is 12.3 Å². The van der Waals surface area contributed by atoms with E-state index in [9.17, 15) is 14.4 Å². The summed E-state index contributed by atoms with van der Waals surface area (Å²) in [6.45, 7) is 0. The van der Waals surface area contributed by atoms with Crippen LogP contribution in [0.5, 0.6) is 0 Å². The number of rotatable bonds is 7. The Kier molecular flexibility index (Phi) is 5.72. The molecule has 0 aliphatic carbocycles. The zero-order chi connectivity index (χ0) is 22.7. The second kappa shape index (κ2) is 8.77. The molecule has 4 N–H and O–H groups in total. The highest BCUT2D eigenvalue weighted by atomic mass is 16.2. The quantitative estimate of drug-likeness (QED) is 0.441. The molecule has 2 aromatic heterocycles. The molecule has 0 spiro atoms. The van der Waals surface area contributed by atoms with Crippen LogP contribution in [0.1, 0.15) is 27.4 Å². The van der Waals surface area contributed by atoms with Crippen LogP contribution in [0.3, 0.4) is 0 Å². The lowest BCUT2D eigenvalue weighted by Gasteiger charge is -2.22. The molecule has 2 aromatic carbocycles. The number of carbonyl (C=O) groups excluding carboxylic acids is 3. The molecule has 4 aromatic rings. The lowest BCUT2D eigenvalue weighted by atomic mass is 9.82. The van der Waals surface area contributed by atoms with E-state index in [0.717, 1.165) is 5.56 Å². The summed E-state index contributed by atoms with van der Waals surface area (Å²) in [4.78, 5) is 46.9. The Morgan fingerprint density at radius 2 is 1.53 bits per heavy atom. The van der Waals surface area contributed by atoms with Crippen molar-refractivity contribution in [1.29, 1.82) is 0 Å². The molecular weight excluding hydrogens is 404 g/mol. The molecule has 2 amide bonds. The number of amides is 2. The van der Waals surface area contributed by atoms with Crippen LogP contribution in [-0.2, 0) is 16.0 Å². The molecule has 0 aliphatic heterocycles. The van der Waals surface area contributed by atoms with Crippen molar-refractivity contribution in [2.24, 2.45) is 11.5 Å². The third kappa shape index (κ3) is 3.96. The van der Waals surface area contributed by atoms with E-state index in [1.54, 1.807) is 48.7 Å². The summed E-state index contributed by atoms with van der Waals surface area (Å²) in [5.74, 6) is -3.72. The zero-order valence-electron chi connectivity index (χ0n) is 17.1. The van der Waals surface area contributed by atoms with E-state index in [0.29, 0.717) is 22.3 Å². The number of carbonyl (C=O) groups is 3. The summed E-state index contributed by atoms with van der Waals surface area (Å²) >= 11 is 0. The van der Waals surface area contributed by atoms with Crippen molar-refractivity contribution >= 4 is 28.5 Å². The highest BCUT2D eigenvalue weighted by molar-refractivity contribution is 6.38. The number of primary amides is 2. The minimum absolute atomic E-state index is 0.131. The number of Topliss-reactive ketones (excluding diaryl/α,β-unsaturated/α-hetero) is 1. The van der Waals surface area contributed by atoms with Gasteiger partial charge in [-0.1, -0.05) is 54.6 Å². The maximum Gasteiger partial charge on any atom is 0.285 e. The largest absolute Gasteiger partial charge is 0.366 e. The van der Waals surface area contributed by atoms with Crippen LogP contribution in [0.15, 0.2) is 79.0 Å². The first-order valence-corrected chi connectivity index (χ1v) is 9.98. The Labute approximate surface area is 184 Å². The fraction of sp³-hybridized carbons (Fsp3) is 0.0800. The first-order chi connectivity index (χ1) is 15.5. The standard InChI is InChI=1S/C25H20N4O3/c26-24(31)21-16-10-4-5-11-18(16)29-22(19-12-6-7-13-28-19)20(21)17(23(30)25(27)32)14-15-8-2-1-3-9-15/h1-13,17H,14H2,(H2,26,31)(H2,27,32). The Morgan fingerprint density at radius 1 is 0.844 bits per heavy atom. The van der Waals surface area contributed by atoms with Crippen LogP contribution in [0.2, 0.25) is 0 Å². The lowest BCUT2D eigenvalue weighted by molar-refractivity contribution is -0.136. The predicted octanol–water partition coefficient (Wildman–Crippen LogP) is 2.78. The van der Waals surface area contributed by atoms with Gasteiger partial charge in [0, 0.05) is 17.1 Å². The third-order valence-corrected chi connectivity index (χ3v) is 5.27. The van der Waals surface area contributed by atoms with Crippen molar-refractivity contribution in [3.05, 3.63) is 95.7 Å². The molecule has 0 bridgehead atoms. The highest BCUT2D eigenvalue weighted by Gasteiger charge is 2.33.